The van der Waals surface area contributed by atoms with Gasteiger partial charge in [-0.05, 0) is 29.8 Å². The third-order valence-electron chi connectivity index (χ3n) is 5.96. The van der Waals surface area contributed by atoms with E-state index in [9.17, 15) is 13.2 Å². The van der Waals surface area contributed by atoms with Crippen LogP contribution in [0, 0.1) is 0 Å². The van der Waals surface area contributed by atoms with Gasteiger partial charge in [0.2, 0.25) is 15.9 Å². The number of carbonyl (C=O) groups excluding carboxylic acids is 1. The SMILES string of the molecule is O=C(Cc1cnn(-c2ccccc2)c1)N1CCN(S(=O)(=O)c2ccc3c(c2)OCCCO3)CC1. The van der Waals surface area contributed by atoms with Gasteiger partial charge < -0.3 is 14.4 Å². The maximum Gasteiger partial charge on any atom is 0.243 e. The first-order valence-corrected chi connectivity index (χ1v) is 12.7. The van der Waals surface area contributed by atoms with E-state index in [0.29, 0.717) is 37.8 Å². The Hall–Kier alpha value is -3.37. The summed E-state index contributed by atoms with van der Waals surface area (Å²) in [4.78, 5) is 14.7. The number of nitrogens with zero attached hydrogens (tertiary/aromatic N) is 4. The second kappa shape index (κ2) is 9.47. The van der Waals surface area contributed by atoms with Crippen LogP contribution in [0.5, 0.6) is 11.5 Å². The van der Waals surface area contributed by atoms with Crippen molar-refractivity contribution in [1.82, 2.24) is 19.0 Å². The van der Waals surface area contributed by atoms with Crippen LogP contribution in [0.2, 0.25) is 0 Å². The number of piperazine rings is 1. The van der Waals surface area contributed by atoms with E-state index < -0.39 is 10.0 Å². The number of fused-ring (bicyclic) bond motifs is 1. The lowest BCUT2D eigenvalue weighted by molar-refractivity contribution is -0.131. The van der Waals surface area contributed by atoms with E-state index in [0.717, 1.165) is 17.7 Å². The van der Waals surface area contributed by atoms with Gasteiger partial charge in [-0.2, -0.15) is 9.40 Å². The van der Waals surface area contributed by atoms with Crippen molar-refractivity contribution in [3.05, 3.63) is 66.5 Å². The Bertz CT molecular complexity index is 1270. The van der Waals surface area contributed by atoms with E-state index in [2.05, 4.69) is 5.10 Å². The number of amides is 1. The minimum atomic E-state index is -3.70. The number of para-hydroxylation sites is 1. The van der Waals surface area contributed by atoms with Gasteiger partial charge in [0.1, 0.15) is 0 Å². The zero-order valence-corrected chi connectivity index (χ0v) is 19.5. The number of sulfonamides is 1. The first-order chi connectivity index (χ1) is 16.5. The third-order valence-corrected chi connectivity index (χ3v) is 7.85. The maximum atomic E-state index is 13.2. The van der Waals surface area contributed by atoms with Crippen LogP contribution in [0.1, 0.15) is 12.0 Å². The van der Waals surface area contributed by atoms with Gasteiger partial charge in [0.25, 0.3) is 0 Å². The fourth-order valence-electron chi connectivity index (χ4n) is 4.09. The molecule has 1 fully saturated rings. The molecule has 1 saturated heterocycles. The highest BCUT2D eigenvalue weighted by atomic mass is 32.2. The monoisotopic (exact) mass is 482 g/mol. The molecule has 1 aromatic heterocycles. The Morgan fingerprint density at radius 1 is 0.941 bits per heavy atom. The first-order valence-electron chi connectivity index (χ1n) is 11.3. The summed E-state index contributed by atoms with van der Waals surface area (Å²) in [6.07, 6.45) is 4.51. The van der Waals surface area contributed by atoms with Crippen molar-refractivity contribution in [2.75, 3.05) is 39.4 Å². The van der Waals surface area contributed by atoms with Crippen LogP contribution >= 0.6 is 0 Å². The highest BCUT2D eigenvalue weighted by molar-refractivity contribution is 7.89. The van der Waals surface area contributed by atoms with E-state index in [1.165, 1.54) is 10.4 Å². The summed E-state index contributed by atoms with van der Waals surface area (Å²) in [6.45, 7) is 2.20. The number of carbonyl (C=O) groups is 1. The van der Waals surface area contributed by atoms with Gasteiger partial charge in [-0.1, -0.05) is 18.2 Å². The molecule has 0 N–H and O–H groups in total. The summed E-state index contributed by atoms with van der Waals surface area (Å²) in [6, 6.07) is 14.4. The van der Waals surface area contributed by atoms with Crippen LogP contribution in [-0.4, -0.2) is 72.7 Å². The Morgan fingerprint density at radius 3 is 2.44 bits per heavy atom. The molecule has 5 rings (SSSR count). The van der Waals surface area contributed by atoms with Crippen molar-refractivity contribution >= 4 is 15.9 Å². The average molecular weight is 483 g/mol. The minimum absolute atomic E-state index is 0.0414. The molecular weight excluding hydrogens is 456 g/mol. The van der Waals surface area contributed by atoms with Crippen molar-refractivity contribution < 1.29 is 22.7 Å². The molecule has 3 heterocycles. The van der Waals surface area contributed by atoms with Crippen molar-refractivity contribution in [2.45, 2.75) is 17.7 Å². The van der Waals surface area contributed by atoms with Crippen LogP contribution in [0.15, 0.2) is 65.8 Å². The molecular formula is C24H26N4O5S. The van der Waals surface area contributed by atoms with Gasteiger partial charge in [-0.25, -0.2) is 13.1 Å². The second-order valence-corrected chi connectivity index (χ2v) is 10.2. The van der Waals surface area contributed by atoms with E-state index in [1.807, 2.05) is 36.5 Å². The number of aromatic nitrogens is 2. The number of hydrogen-bond donors (Lipinski definition) is 0. The molecule has 0 atom stereocenters. The summed E-state index contributed by atoms with van der Waals surface area (Å²) >= 11 is 0. The van der Waals surface area contributed by atoms with Gasteiger partial charge in [0, 0.05) is 44.9 Å². The lowest BCUT2D eigenvalue weighted by atomic mass is 10.2. The fourth-order valence-corrected chi connectivity index (χ4v) is 5.53. The summed E-state index contributed by atoms with van der Waals surface area (Å²) in [5.41, 5.74) is 1.74. The Balaban J connectivity index is 1.20. The molecule has 2 aliphatic rings. The van der Waals surface area contributed by atoms with Crippen LogP contribution in [0.3, 0.4) is 0 Å². The van der Waals surface area contributed by atoms with E-state index >= 15 is 0 Å². The molecule has 9 nitrogen and oxygen atoms in total. The van der Waals surface area contributed by atoms with Crippen molar-refractivity contribution in [3.8, 4) is 17.2 Å². The standard InChI is InChI=1S/C24H26N4O5S/c29-24(15-19-17-25-28(18-19)20-5-2-1-3-6-20)26-9-11-27(12-10-26)34(30,31)21-7-8-22-23(16-21)33-14-4-13-32-22/h1-3,5-8,16-18H,4,9-15H2. The largest absolute Gasteiger partial charge is 0.490 e. The minimum Gasteiger partial charge on any atom is -0.490 e. The van der Waals surface area contributed by atoms with E-state index in [-0.39, 0.29) is 30.3 Å². The summed E-state index contributed by atoms with van der Waals surface area (Å²) in [5.74, 6) is 0.964. The highest BCUT2D eigenvalue weighted by Gasteiger charge is 2.31. The lowest BCUT2D eigenvalue weighted by Crippen LogP contribution is -2.50. The van der Waals surface area contributed by atoms with Gasteiger partial charge in [0.15, 0.2) is 11.5 Å². The quantitative estimate of drug-likeness (QED) is 0.553. The number of ether oxygens (including phenoxy) is 2. The first kappa shape index (κ1) is 22.4. The van der Waals surface area contributed by atoms with Crippen LogP contribution < -0.4 is 9.47 Å². The van der Waals surface area contributed by atoms with E-state index in [1.54, 1.807) is 27.9 Å². The van der Waals surface area contributed by atoms with Gasteiger partial charge >= 0.3 is 0 Å². The average Bonchev–Trinajstić information content (AvgIpc) is 3.20. The Labute approximate surface area is 198 Å². The number of rotatable bonds is 5. The second-order valence-electron chi connectivity index (χ2n) is 8.25. The van der Waals surface area contributed by atoms with E-state index in [4.69, 9.17) is 9.47 Å². The smallest absolute Gasteiger partial charge is 0.243 e. The summed E-state index contributed by atoms with van der Waals surface area (Å²) in [7, 11) is -3.70. The van der Waals surface area contributed by atoms with Crippen LogP contribution in [0.25, 0.3) is 5.69 Å². The van der Waals surface area contributed by atoms with Gasteiger partial charge in [-0.15, -0.1) is 0 Å². The predicted octanol–water partition coefficient (Wildman–Crippen LogP) is 2.11. The summed E-state index contributed by atoms with van der Waals surface area (Å²) in [5, 5.41) is 4.34. The van der Waals surface area contributed by atoms with Gasteiger partial charge in [-0.3, -0.25) is 4.79 Å². The molecule has 0 radical (unpaired) electrons. The molecule has 3 aromatic rings. The highest BCUT2D eigenvalue weighted by Crippen LogP contribution is 2.33. The molecule has 34 heavy (non-hydrogen) atoms. The zero-order chi connectivity index (χ0) is 23.5. The molecule has 0 bridgehead atoms. The van der Waals surface area contributed by atoms with Crippen molar-refractivity contribution in [1.29, 1.82) is 0 Å². The third kappa shape index (κ3) is 4.64. The molecule has 1 amide bonds. The number of hydrogen-bond acceptors (Lipinski definition) is 6. The maximum absolute atomic E-state index is 13.2. The zero-order valence-electron chi connectivity index (χ0n) is 18.7. The lowest BCUT2D eigenvalue weighted by Gasteiger charge is -2.34. The Kier molecular flexibility index (Phi) is 6.25. The molecule has 10 heteroatoms. The topological polar surface area (TPSA) is 94.0 Å². The molecule has 2 aliphatic heterocycles. The molecule has 178 valence electrons. The van der Waals surface area contributed by atoms with Crippen molar-refractivity contribution in [3.63, 3.8) is 0 Å². The Morgan fingerprint density at radius 2 is 1.68 bits per heavy atom. The number of benzene rings is 2. The normalized spacial score (nSPS) is 16.8. The van der Waals surface area contributed by atoms with Crippen LogP contribution in [-0.2, 0) is 21.2 Å². The molecule has 2 aromatic carbocycles. The fraction of sp³-hybridized carbons (Fsp3) is 0.333. The predicted molar refractivity (Wildman–Crippen MR) is 125 cm³/mol. The van der Waals surface area contributed by atoms with Crippen LogP contribution in [0.4, 0.5) is 0 Å². The summed E-state index contributed by atoms with van der Waals surface area (Å²) < 4.78 is 40.7. The van der Waals surface area contributed by atoms with Crippen molar-refractivity contribution in [2.24, 2.45) is 0 Å². The van der Waals surface area contributed by atoms with Gasteiger partial charge in [0.05, 0.1) is 36.4 Å². The molecule has 0 saturated carbocycles. The molecule has 0 spiro atoms. The molecule has 0 aliphatic carbocycles. The molecule has 0 unspecified atom stereocenters.